The van der Waals surface area contributed by atoms with Crippen molar-refractivity contribution < 1.29 is 19.8 Å². The quantitative estimate of drug-likeness (QED) is 0.469. The molecule has 2 N–H and O–H groups in total. The summed E-state index contributed by atoms with van der Waals surface area (Å²) in [7, 11) is 0. The van der Waals surface area contributed by atoms with Crippen molar-refractivity contribution in [2.45, 2.75) is 38.5 Å². The van der Waals surface area contributed by atoms with Gasteiger partial charge in [0.1, 0.15) is 0 Å². The van der Waals surface area contributed by atoms with Gasteiger partial charge >= 0.3 is 41.5 Å². The molecule has 0 radical (unpaired) electrons. The molecule has 4 nitrogen and oxygen atoms in total. The first-order valence-corrected chi connectivity index (χ1v) is 4.06. The van der Waals surface area contributed by atoms with Gasteiger partial charge in [-0.3, -0.25) is 9.59 Å². The molecule has 0 aliphatic rings. The van der Waals surface area contributed by atoms with Crippen LogP contribution in [0.15, 0.2) is 0 Å². The van der Waals surface area contributed by atoms with E-state index in [0.717, 1.165) is 12.8 Å². The Bertz CT molecular complexity index is 140. The Morgan fingerprint density at radius 1 is 0.769 bits per heavy atom. The Morgan fingerprint density at radius 2 is 1.08 bits per heavy atom. The monoisotopic (exact) mass is 198 g/mol. The number of aliphatic carboxylic acids is 2. The van der Waals surface area contributed by atoms with Crippen molar-refractivity contribution in [2.75, 3.05) is 0 Å². The molecule has 0 bridgehead atoms. The fourth-order valence-corrected chi connectivity index (χ4v) is 0.906. The molecule has 72 valence electrons. The molecule has 0 aliphatic carbocycles. The molecule has 0 amide bonds. The maximum absolute atomic E-state index is 10.0. The van der Waals surface area contributed by atoms with Crippen molar-refractivity contribution in [1.82, 2.24) is 0 Å². The number of carboxylic acids is 2. The topological polar surface area (TPSA) is 74.6 Å². The van der Waals surface area contributed by atoms with Gasteiger partial charge in [-0.15, -0.1) is 0 Å². The fourth-order valence-electron chi connectivity index (χ4n) is 0.906. The van der Waals surface area contributed by atoms with Crippen molar-refractivity contribution in [3.63, 3.8) is 0 Å². The minimum atomic E-state index is -0.784. The van der Waals surface area contributed by atoms with E-state index in [0.29, 0.717) is 12.8 Å². The van der Waals surface area contributed by atoms with Crippen LogP contribution in [0.1, 0.15) is 38.5 Å². The number of hydrogen-bond donors (Lipinski definition) is 2. The standard InChI is InChI=1S/C8H14O4.Na.H/c9-7(10)5-3-1-2-4-6-8(11)12;;/h1-6H2,(H,9,10)(H,11,12);;. The predicted molar refractivity (Wildman–Crippen MR) is 50.1 cm³/mol. The van der Waals surface area contributed by atoms with Gasteiger partial charge in [0.2, 0.25) is 0 Å². The van der Waals surface area contributed by atoms with E-state index < -0.39 is 11.9 Å². The molecule has 0 saturated carbocycles. The van der Waals surface area contributed by atoms with Gasteiger partial charge in [0.25, 0.3) is 0 Å². The van der Waals surface area contributed by atoms with Crippen LogP contribution in [0.2, 0.25) is 0 Å². The molecule has 5 heteroatoms. The first-order valence-electron chi connectivity index (χ1n) is 4.06. The van der Waals surface area contributed by atoms with Crippen LogP contribution >= 0.6 is 0 Å². The zero-order valence-corrected chi connectivity index (χ0v) is 6.95. The molecule has 0 aromatic heterocycles. The van der Waals surface area contributed by atoms with E-state index >= 15 is 0 Å². The SMILES string of the molecule is O=C(O)CCCCCCC(=O)O.[NaH]. The summed E-state index contributed by atoms with van der Waals surface area (Å²) in [6.45, 7) is 0. The van der Waals surface area contributed by atoms with E-state index in [2.05, 4.69) is 0 Å². The minimum absolute atomic E-state index is 0. The van der Waals surface area contributed by atoms with Gasteiger partial charge in [0.05, 0.1) is 0 Å². The van der Waals surface area contributed by atoms with Gasteiger partial charge in [-0.25, -0.2) is 0 Å². The summed E-state index contributed by atoms with van der Waals surface area (Å²) < 4.78 is 0. The Kier molecular flexibility index (Phi) is 11.9. The van der Waals surface area contributed by atoms with Crippen LogP contribution in [-0.4, -0.2) is 51.7 Å². The van der Waals surface area contributed by atoms with Crippen molar-refractivity contribution in [2.24, 2.45) is 0 Å². The maximum atomic E-state index is 10.0. The van der Waals surface area contributed by atoms with Crippen molar-refractivity contribution >= 4 is 41.5 Å². The molecule has 13 heavy (non-hydrogen) atoms. The molecule has 0 aliphatic heterocycles. The Morgan fingerprint density at radius 3 is 1.31 bits per heavy atom. The van der Waals surface area contributed by atoms with Gasteiger partial charge < -0.3 is 10.2 Å². The van der Waals surface area contributed by atoms with Gasteiger partial charge in [0, 0.05) is 12.8 Å². The predicted octanol–water partition coefficient (Wildman–Crippen LogP) is 0.848. The Hall–Kier alpha value is -0.0600. The third-order valence-corrected chi connectivity index (χ3v) is 1.53. The van der Waals surface area contributed by atoms with Gasteiger partial charge in [-0.2, -0.15) is 0 Å². The average Bonchev–Trinajstić information content (AvgIpc) is 1.95. The zero-order chi connectivity index (χ0) is 9.40. The first kappa shape index (κ1) is 15.4. The van der Waals surface area contributed by atoms with E-state index in [9.17, 15) is 9.59 Å². The summed E-state index contributed by atoms with van der Waals surface area (Å²) in [5.74, 6) is -1.57. The second-order valence-electron chi connectivity index (χ2n) is 2.70. The summed E-state index contributed by atoms with van der Waals surface area (Å²) >= 11 is 0. The summed E-state index contributed by atoms with van der Waals surface area (Å²) in [5, 5.41) is 16.5. The van der Waals surface area contributed by atoms with E-state index in [4.69, 9.17) is 10.2 Å². The number of carboxylic acid groups (broad SMARTS) is 2. The van der Waals surface area contributed by atoms with Crippen LogP contribution in [0.25, 0.3) is 0 Å². The molecular formula is C8H15NaO4. The van der Waals surface area contributed by atoms with E-state index in [1.807, 2.05) is 0 Å². The molecule has 0 unspecified atom stereocenters. The fraction of sp³-hybridized carbons (Fsp3) is 0.750. The van der Waals surface area contributed by atoms with Crippen LogP contribution in [0.4, 0.5) is 0 Å². The van der Waals surface area contributed by atoms with E-state index in [1.165, 1.54) is 0 Å². The first-order chi connectivity index (χ1) is 5.63. The summed E-state index contributed by atoms with van der Waals surface area (Å²) in [6, 6.07) is 0. The average molecular weight is 198 g/mol. The second kappa shape index (κ2) is 10.0. The number of hydrogen-bond acceptors (Lipinski definition) is 2. The zero-order valence-electron chi connectivity index (χ0n) is 6.95. The second-order valence-corrected chi connectivity index (χ2v) is 2.70. The molecule has 0 spiro atoms. The molecule has 0 rings (SSSR count). The van der Waals surface area contributed by atoms with Crippen LogP contribution < -0.4 is 0 Å². The van der Waals surface area contributed by atoms with Crippen LogP contribution in [0, 0.1) is 0 Å². The Balaban J connectivity index is 0. The van der Waals surface area contributed by atoms with Crippen molar-refractivity contribution in [1.29, 1.82) is 0 Å². The molecule has 0 heterocycles. The van der Waals surface area contributed by atoms with Crippen molar-refractivity contribution in [3.05, 3.63) is 0 Å². The molecule has 0 aromatic rings. The third kappa shape index (κ3) is 14.8. The van der Waals surface area contributed by atoms with Crippen LogP contribution in [0.5, 0.6) is 0 Å². The van der Waals surface area contributed by atoms with Gasteiger partial charge in [-0.05, 0) is 12.8 Å². The molecule has 0 aromatic carbocycles. The molecule has 0 saturated heterocycles. The summed E-state index contributed by atoms with van der Waals surface area (Å²) in [4.78, 5) is 20.1. The third-order valence-electron chi connectivity index (χ3n) is 1.53. The Labute approximate surface area is 99.6 Å². The summed E-state index contributed by atoms with van der Waals surface area (Å²) in [5.41, 5.74) is 0. The summed E-state index contributed by atoms with van der Waals surface area (Å²) in [6.07, 6.45) is 3.28. The van der Waals surface area contributed by atoms with E-state index in [1.54, 1.807) is 0 Å². The number of carbonyl (C=O) groups is 2. The van der Waals surface area contributed by atoms with Crippen LogP contribution in [0.3, 0.4) is 0 Å². The van der Waals surface area contributed by atoms with Gasteiger partial charge in [0.15, 0.2) is 0 Å². The van der Waals surface area contributed by atoms with Gasteiger partial charge in [-0.1, -0.05) is 12.8 Å². The molecular weight excluding hydrogens is 183 g/mol. The molecule has 0 atom stereocenters. The molecule has 0 fully saturated rings. The number of unbranched alkanes of at least 4 members (excludes halogenated alkanes) is 3. The van der Waals surface area contributed by atoms with Crippen LogP contribution in [-0.2, 0) is 9.59 Å². The van der Waals surface area contributed by atoms with E-state index in [-0.39, 0.29) is 42.4 Å². The number of rotatable bonds is 7. The normalized spacial score (nSPS) is 8.92. The van der Waals surface area contributed by atoms with Crippen molar-refractivity contribution in [3.8, 4) is 0 Å².